The molecule has 4 nitrogen and oxygen atoms in total. The predicted molar refractivity (Wildman–Crippen MR) is 57.6 cm³/mol. The fourth-order valence-electron chi connectivity index (χ4n) is 1.26. The van der Waals surface area contributed by atoms with Gasteiger partial charge in [0.25, 0.3) is 5.91 Å². The molecule has 1 amide bonds. The molecule has 0 aliphatic heterocycles. The Morgan fingerprint density at radius 1 is 1.69 bits per heavy atom. The lowest BCUT2D eigenvalue weighted by molar-refractivity contribution is 0.0933. The molecule has 1 atom stereocenters. The molecule has 88 valence electrons. The second-order valence-electron chi connectivity index (χ2n) is 3.64. The molecule has 0 aliphatic carbocycles. The van der Waals surface area contributed by atoms with Gasteiger partial charge in [-0.3, -0.25) is 4.79 Å². The fourth-order valence-corrected chi connectivity index (χ4v) is 1.26. The lowest BCUT2D eigenvalue weighted by atomic mass is 10.2. The number of carbonyl (C=O) groups excluding carboxylic acids is 1. The molecule has 0 fully saturated rings. The molecule has 1 N–H and O–H groups in total. The first kappa shape index (κ1) is 12.6. The molecular formula is C11H15FN2O2. The zero-order chi connectivity index (χ0) is 12.0. The number of nitrogens with one attached hydrogen (secondary N) is 1. The van der Waals surface area contributed by atoms with Crippen molar-refractivity contribution in [2.24, 2.45) is 5.92 Å². The summed E-state index contributed by atoms with van der Waals surface area (Å²) in [5, 5.41) is 2.70. The van der Waals surface area contributed by atoms with Gasteiger partial charge in [-0.25, -0.2) is 4.98 Å². The smallest absolute Gasteiger partial charge is 0.251 e. The highest BCUT2D eigenvalue weighted by molar-refractivity contribution is 5.93. The quantitative estimate of drug-likeness (QED) is 0.768. The Balaban J connectivity index is 2.47. The minimum absolute atomic E-state index is 0.223. The number of rotatable bonds is 5. The maximum Gasteiger partial charge on any atom is 0.251 e. The number of hydrogen-bond acceptors (Lipinski definition) is 3. The van der Waals surface area contributed by atoms with E-state index in [0.717, 1.165) is 6.07 Å². The largest absolute Gasteiger partial charge is 0.384 e. The number of pyridine rings is 1. The van der Waals surface area contributed by atoms with Crippen LogP contribution in [0.15, 0.2) is 18.3 Å². The number of aromatic nitrogens is 1. The second kappa shape index (κ2) is 6.17. The van der Waals surface area contributed by atoms with E-state index >= 15 is 0 Å². The van der Waals surface area contributed by atoms with Crippen LogP contribution in [0.3, 0.4) is 0 Å². The summed E-state index contributed by atoms with van der Waals surface area (Å²) in [6.45, 7) is 3.03. The van der Waals surface area contributed by atoms with Crippen LogP contribution in [0.1, 0.15) is 17.3 Å². The molecule has 16 heavy (non-hydrogen) atoms. The zero-order valence-corrected chi connectivity index (χ0v) is 9.37. The van der Waals surface area contributed by atoms with Crippen LogP contribution in [0.5, 0.6) is 0 Å². The van der Waals surface area contributed by atoms with Crippen molar-refractivity contribution < 1.29 is 13.9 Å². The van der Waals surface area contributed by atoms with Crippen molar-refractivity contribution in [3.63, 3.8) is 0 Å². The van der Waals surface area contributed by atoms with Crippen molar-refractivity contribution in [3.8, 4) is 0 Å². The van der Waals surface area contributed by atoms with Crippen molar-refractivity contribution in [2.45, 2.75) is 6.92 Å². The monoisotopic (exact) mass is 226 g/mol. The minimum atomic E-state index is -0.655. The van der Waals surface area contributed by atoms with Gasteiger partial charge in [-0.2, -0.15) is 4.39 Å². The van der Waals surface area contributed by atoms with Crippen LogP contribution < -0.4 is 5.32 Å². The molecule has 5 heteroatoms. The molecule has 1 aromatic heterocycles. The highest BCUT2D eigenvalue weighted by atomic mass is 19.1. The van der Waals surface area contributed by atoms with Crippen molar-refractivity contribution in [1.82, 2.24) is 10.3 Å². The van der Waals surface area contributed by atoms with Crippen LogP contribution in [0.2, 0.25) is 0 Å². The lowest BCUT2D eigenvalue weighted by Gasteiger charge is -2.11. The van der Waals surface area contributed by atoms with Gasteiger partial charge in [0.05, 0.1) is 6.61 Å². The van der Waals surface area contributed by atoms with Crippen LogP contribution in [0.4, 0.5) is 4.39 Å². The van der Waals surface area contributed by atoms with E-state index < -0.39 is 5.95 Å². The van der Waals surface area contributed by atoms with E-state index in [2.05, 4.69) is 10.3 Å². The highest BCUT2D eigenvalue weighted by Gasteiger charge is 2.08. The SMILES string of the molecule is COCC(C)CNC(=O)c1ccnc(F)c1. The third-order valence-corrected chi connectivity index (χ3v) is 2.05. The average Bonchev–Trinajstić information content (AvgIpc) is 2.26. The van der Waals surface area contributed by atoms with E-state index in [4.69, 9.17) is 4.74 Å². The first-order chi connectivity index (χ1) is 7.63. The third-order valence-electron chi connectivity index (χ3n) is 2.05. The normalized spacial score (nSPS) is 12.2. The summed E-state index contributed by atoms with van der Waals surface area (Å²) in [5.74, 6) is -0.734. The van der Waals surface area contributed by atoms with Gasteiger partial charge < -0.3 is 10.1 Å². The molecule has 0 saturated heterocycles. The molecule has 1 rings (SSSR count). The maximum atomic E-state index is 12.7. The number of amides is 1. The van der Waals surface area contributed by atoms with E-state index in [1.807, 2.05) is 6.92 Å². The van der Waals surface area contributed by atoms with E-state index in [9.17, 15) is 9.18 Å². The summed E-state index contributed by atoms with van der Waals surface area (Å²) in [6, 6.07) is 2.58. The summed E-state index contributed by atoms with van der Waals surface area (Å²) >= 11 is 0. The van der Waals surface area contributed by atoms with E-state index in [-0.39, 0.29) is 17.4 Å². The molecular weight excluding hydrogens is 211 g/mol. The molecule has 0 aromatic carbocycles. The summed E-state index contributed by atoms with van der Waals surface area (Å²) < 4.78 is 17.7. The van der Waals surface area contributed by atoms with Crippen molar-refractivity contribution in [3.05, 3.63) is 29.8 Å². The van der Waals surface area contributed by atoms with Crippen LogP contribution in [-0.2, 0) is 4.74 Å². The van der Waals surface area contributed by atoms with Gasteiger partial charge >= 0.3 is 0 Å². The van der Waals surface area contributed by atoms with Crippen molar-refractivity contribution in [2.75, 3.05) is 20.3 Å². The number of methoxy groups -OCH3 is 1. The molecule has 1 heterocycles. The zero-order valence-electron chi connectivity index (χ0n) is 9.37. The van der Waals surface area contributed by atoms with Gasteiger partial charge in [-0.05, 0) is 12.0 Å². The maximum absolute atomic E-state index is 12.7. The van der Waals surface area contributed by atoms with Crippen LogP contribution in [-0.4, -0.2) is 31.2 Å². The Bertz CT molecular complexity index is 358. The topological polar surface area (TPSA) is 51.2 Å². The Kier molecular flexibility index (Phi) is 4.85. The molecule has 1 unspecified atom stereocenters. The number of hydrogen-bond donors (Lipinski definition) is 1. The number of nitrogens with zero attached hydrogens (tertiary/aromatic N) is 1. The molecule has 0 radical (unpaired) electrons. The van der Waals surface area contributed by atoms with Crippen molar-refractivity contribution >= 4 is 5.91 Å². The Morgan fingerprint density at radius 3 is 3.06 bits per heavy atom. The predicted octanol–water partition coefficient (Wildman–Crippen LogP) is 1.23. The van der Waals surface area contributed by atoms with Crippen LogP contribution in [0.25, 0.3) is 0 Å². The summed E-state index contributed by atoms with van der Waals surface area (Å²) in [6.07, 6.45) is 1.27. The Labute approximate surface area is 93.8 Å². The van der Waals surface area contributed by atoms with Crippen LogP contribution in [0, 0.1) is 11.9 Å². The van der Waals surface area contributed by atoms with Gasteiger partial charge in [-0.15, -0.1) is 0 Å². The Hall–Kier alpha value is -1.49. The first-order valence-electron chi connectivity index (χ1n) is 5.02. The molecule has 0 bridgehead atoms. The Morgan fingerprint density at radius 2 is 2.44 bits per heavy atom. The molecule has 0 saturated carbocycles. The molecule has 0 spiro atoms. The highest BCUT2D eigenvalue weighted by Crippen LogP contribution is 2.01. The second-order valence-corrected chi connectivity index (χ2v) is 3.64. The van der Waals surface area contributed by atoms with Gasteiger partial charge in [0.15, 0.2) is 0 Å². The first-order valence-corrected chi connectivity index (χ1v) is 5.02. The van der Waals surface area contributed by atoms with Gasteiger partial charge in [0, 0.05) is 31.5 Å². The molecule has 1 aromatic rings. The summed E-state index contributed by atoms with van der Waals surface area (Å²) in [4.78, 5) is 14.9. The van der Waals surface area contributed by atoms with Crippen LogP contribution >= 0.6 is 0 Å². The third kappa shape index (κ3) is 3.94. The van der Waals surface area contributed by atoms with E-state index in [1.165, 1.54) is 12.3 Å². The average molecular weight is 226 g/mol. The standard InChI is InChI=1S/C11H15FN2O2/c1-8(7-16-2)6-14-11(15)9-3-4-13-10(12)5-9/h3-5,8H,6-7H2,1-2H3,(H,14,15). The summed E-state index contributed by atoms with van der Waals surface area (Å²) in [7, 11) is 1.61. The lowest BCUT2D eigenvalue weighted by Crippen LogP contribution is -2.29. The number of carbonyl (C=O) groups is 1. The number of ether oxygens (including phenoxy) is 1. The fraction of sp³-hybridized carbons (Fsp3) is 0.455. The van der Waals surface area contributed by atoms with E-state index in [0.29, 0.717) is 13.2 Å². The minimum Gasteiger partial charge on any atom is -0.384 e. The van der Waals surface area contributed by atoms with Gasteiger partial charge in [-0.1, -0.05) is 6.92 Å². The summed E-state index contributed by atoms with van der Waals surface area (Å²) in [5.41, 5.74) is 0.275. The van der Waals surface area contributed by atoms with Crippen molar-refractivity contribution in [1.29, 1.82) is 0 Å². The van der Waals surface area contributed by atoms with Gasteiger partial charge in [0.2, 0.25) is 5.95 Å². The number of halogens is 1. The van der Waals surface area contributed by atoms with E-state index in [1.54, 1.807) is 7.11 Å². The molecule has 0 aliphatic rings. The van der Waals surface area contributed by atoms with Gasteiger partial charge in [0.1, 0.15) is 0 Å².